The monoisotopic (exact) mass is 342 g/mol. The van der Waals surface area contributed by atoms with Crippen molar-refractivity contribution in [3.05, 3.63) is 57.6 Å². The number of fused-ring (bicyclic) bond motifs is 1. The van der Waals surface area contributed by atoms with Crippen LogP contribution in [0.3, 0.4) is 0 Å². The Bertz CT molecular complexity index is 834. The molecule has 130 valence electrons. The highest BCUT2D eigenvalue weighted by Crippen LogP contribution is 2.33. The Labute approximate surface area is 144 Å². The van der Waals surface area contributed by atoms with E-state index in [1.54, 1.807) is 29.2 Å². The molecule has 0 atom stereocenters. The van der Waals surface area contributed by atoms with Crippen molar-refractivity contribution in [2.24, 2.45) is 0 Å². The summed E-state index contributed by atoms with van der Waals surface area (Å²) in [5.41, 5.74) is 1.95. The molecule has 7 heteroatoms. The fraction of sp³-hybridized carbons (Fsp3) is 0.278. The standard InChI is InChI=1S/C18H18N2O5/c1-24-16-8-6-13(10-17(16)25-2)18(21)19-9-3-4-12-5-7-14(20(22)23)11-15(12)19/h5-8,10-11H,3-4,9H2,1-2H3. The fourth-order valence-corrected chi connectivity index (χ4v) is 3.01. The second kappa shape index (κ2) is 6.80. The number of hydrogen-bond donors (Lipinski definition) is 0. The van der Waals surface area contributed by atoms with Gasteiger partial charge in [-0.25, -0.2) is 0 Å². The molecule has 0 radical (unpaired) electrons. The first kappa shape index (κ1) is 16.8. The third kappa shape index (κ3) is 3.13. The number of anilines is 1. The van der Waals surface area contributed by atoms with Crippen molar-refractivity contribution in [3.63, 3.8) is 0 Å². The summed E-state index contributed by atoms with van der Waals surface area (Å²) in [6.07, 6.45) is 1.60. The second-order valence-electron chi connectivity index (χ2n) is 5.70. The van der Waals surface area contributed by atoms with E-state index in [0.29, 0.717) is 29.3 Å². The molecule has 25 heavy (non-hydrogen) atoms. The van der Waals surface area contributed by atoms with Crippen molar-refractivity contribution in [1.82, 2.24) is 0 Å². The van der Waals surface area contributed by atoms with Crippen molar-refractivity contribution in [2.45, 2.75) is 12.8 Å². The normalized spacial score (nSPS) is 13.1. The Hall–Kier alpha value is -3.09. The van der Waals surface area contributed by atoms with Crippen molar-refractivity contribution >= 4 is 17.3 Å². The van der Waals surface area contributed by atoms with Gasteiger partial charge >= 0.3 is 0 Å². The molecule has 3 rings (SSSR count). The number of rotatable bonds is 4. The highest BCUT2D eigenvalue weighted by molar-refractivity contribution is 6.07. The molecule has 0 aliphatic carbocycles. The van der Waals surface area contributed by atoms with E-state index >= 15 is 0 Å². The van der Waals surface area contributed by atoms with E-state index in [-0.39, 0.29) is 11.6 Å². The van der Waals surface area contributed by atoms with Crippen LogP contribution in [-0.4, -0.2) is 31.6 Å². The smallest absolute Gasteiger partial charge is 0.271 e. The number of aryl methyl sites for hydroxylation is 1. The average Bonchev–Trinajstić information content (AvgIpc) is 2.65. The minimum atomic E-state index is -0.450. The zero-order valence-electron chi connectivity index (χ0n) is 14.0. The molecule has 0 N–H and O–H groups in total. The molecule has 0 aromatic heterocycles. The van der Waals surface area contributed by atoms with Gasteiger partial charge in [-0.05, 0) is 36.6 Å². The largest absolute Gasteiger partial charge is 0.493 e. The maximum absolute atomic E-state index is 13.0. The van der Waals surface area contributed by atoms with E-state index < -0.39 is 4.92 Å². The molecule has 0 saturated heterocycles. The number of nitrogens with zero attached hydrogens (tertiary/aromatic N) is 2. The van der Waals surface area contributed by atoms with E-state index in [2.05, 4.69) is 0 Å². The molecule has 1 heterocycles. The van der Waals surface area contributed by atoms with Gasteiger partial charge in [-0.3, -0.25) is 14.9 Å². The first-order chi connectivity index (χ1) is 12.0. The van der Waals surface area contributed by atoms with Crippen molar-refractivity contribution in [2.75, 3.05) is 25.7 Å². The van der Waals surface area contributed by atoms with Crippen LogP contribution in [0, 0.1) is 10.1 Å². The van der Waals surface area contributed by atoms with Crippen LogP contribution in [0.4, 0.5) is 11.4 Å². The number of nitro groups is 1. The van der Waals surface area contributed by atoms with E-state index in [1.165, 1.54) is 26.4 Å². The number of ether oxygens (including phenoxy) is 2. The molecule has 0 bridgehead atoms. The van der Waals surface area contributed by atoms with Crippen LogP contribution in [-0.2, 0) is 6.42 Å². The number of benzene rings is 2. The number of carbonyl (C=O) groups is 1. The van der Waals surface area contributed by atoms with Gasteiger partial charge in [-0.2, -0.15) is 0 Å². The summed E-state index contributed by atoms with van der Waals surface area (Å²) >= 11 is 0. The number of nitro benzene ring substituents is 1. The topological polar surface area (TPSA) is 81.9 Å². The molecule has 1 amide bonds. The number of methoxy groups -OCH3 is 2. The summed E-state index contributed by atoms with van der Waals surface area (Å²) in [7, 11) is 3.03. The second-order valence-corrected chi connectivity index (χ2v) is 5.70. The Morgan fingerprint density at radius 2 is 1.88 bits per heavy atom. The van der Waals surface area contributed by atoms with Gasteiger partial charge in [0.1, 0.15) is 0 Å². The predicted molar refractivity (Wildman–Crippen MR) is 92.6 cm³/mol. The molecule has 2 aromatic rings. The zero-order valence-corrected chi connectivity index (χ0v) is 14.0. The third-order valence-electron chi connectivity index (χ3n) is 4.27. The van der Waals surface area contributed by atoms with Gasteiger partial charge in [-0.1, -0.05) is 6.07 Å². The van der Waals surface area contributed by atoms with Gasteiger partial charge in [0.25, 0.3) is 11.6 Å². The van der Waals surface area contributed by atoms with Gasteiger partial charge in [0.05, 0.1) is 24.8 Å². The Balaban J connectivity index is 1.99. The lowest BCUT2D eigenvalue weighted by molar-refractivity contribution is -0.384. The molecule has 0 spiro atoms. The Morgan fingerprint density at radius 3 is 2.56 bits per heavy atom. The van der Waals surface area contributed by atoms with Crippen LogP contribution >= 0.6 is 0 Å². The first-order valence-corrected chi connectivity index (χ1v) is 7.86. The molecular weight excluding hydrogens is 324 g/mol. The molecule has 0 fully saturated rings. The van der Waals surface area contributed by atoms with Crippen LogP contribution < -0.4 is 14.4 Å². The van der Waals surface area contributed by atoms with Crippen LogP contribution in [0.25, 0.3) is 0 Å². The first-order valence-electron chi connectivity index (χ1n) is 7.86. The lowest BCUT2D eigenvalue weighted by Crippen LogP contribution is -2.35. The highest BCUT2D eigenvalue weighted by Gasteiger charge is 2.26. The molecule has 1 aliphatic rings. The molecule has 1 aliphatic heterocycles. The SMILES string of the molecule is COc1ccc(C(=O)N2CCCc3ccc([N+](=O)[O-])cc32)cc1OC. The van der Waals surface area contributed by atoms with Crippen LogP contribution in [0.5, 0.6) is 11.5 Å². The van der Waals surface area contributed by atoms with Crippen molar-refractivity contribution in [1.29, 1.82) is 0 Å². The van der Waals surface area contributed by atoms with Crippen molar-refractivity contribution in [3.8, 4) is 11.5 Å². The van der Waals surface area contributed by atoms with Gasteiger partial charge in [0.15, 0.2) is 11.5 Å². The Kier molecular flexibility index (Phi) is 4.56. The maximum Gasteiger partial charge on any atom is 0.271 e. The number of carbonyl (C=O) groups excluding carboxylic acids is 1. The molecular formula is C18H18N2O5. The minimum Gasteiger partial charge on any atom is -0.493 e. The molecule has 7 nitrogen and oxygen atoms in total. The van der Waals surface area contributed by atoms with E-state index in [0.717, 1.165) is 18.4 Å². The predicted octanol–water partition coefficient (Wildman–Crippen LogP) is 3.21. The van der Waals surface area contributed by atoms with Crippen molar-refractivity contribution < 1.29 is 19.2 Å². The quantitative estimate of drug-likeness (QED) is 0.629. The van der Waals surface area contributed by atoms with Gasteiger partial charge in [0.2, 0.25) is 0 Å². The fourth-order valence-electron chi connectivity index (χ4n) is 3.01. The lowest BCUT2D eigenvalue weighted by Gasteiger charge is -2.29. The summed E-state index contributed by atoms with van der Waals surface area (Å²) < 4.78 is 10.4. The summed E-state index contributed by atoms with van der Waals surface area (Å²) in [5, 5.41) is 11.1. The summed E-state index contributed by atoms with van der Waals surface area (Å²) in [4.78, 5) is 25.2. The van der Waals surface area contributed by atoms with Crippen LogP contribution in [0.1, 0.15) is 22.3 Å². The van der Waals surface area contributed by atoms with Crippen LogP contribution in [0.2, 0.25) is 0 Å². The van der Waals surface area contributed by atoms with Crippen LogP contribution in [0.15, 0.2) is 36.4 Å². The average molecular weight is 342 g/mol. The minimum absolute atomic E-state index is 0.0224. The molecule has 0 saturated carbocycles. The van der Waals surface area contributed by atoms with E-state index in [4.69, 9.17) is 9.47 Å². The summed E-state index contributed by atoms with van der Waals surface area (Å²) in [5.74, 6) is 0.778. The number of non-ortho nitro benzene ring substituents is 1. The molecule has 0 unspecified atom stereocenters. The summed E-state index contributed by atoms with van der Waals surface area (Å²) in [6, 6.07) is 9.62. The van der Waals surface area contributed by atoms with E-state index in [1.807, 2.05) is 0 Å². The van der Waals surface area contributed by atoms with Gasteiger partial charge < -0.3 is 14.4 Å². The molecule has 2 aromatic carbocycles. The highest BCUT2D eigenvalue weighted by atomic mass is 16.6. The zero-order chi connectivity index (χ0) is 18.0. The van der Waals surface area contributed by atoms with E-state index in [9.17, 15) is 14.9 Å². The number of hydrogen-bond acceptors (Lipinski definition) is 5. The third-order valence-corrected chi connectivity index (χ3v) is 4.27. The Morgan fingerprint density at radius 1 is 1.12 bits per heavy atom. The maximum atomic E-state index is 13.0. The van der Waals surface area contributed by atoms with Gasteiger partial charge in [-0.15, -0.1) is 0 Å². The van der Waals surface area contributed by atoms with Gasteiger partial charge in [0, 0.05) is 24.2 Å². The lowest BCUT2D eigenvalue weighted by atomic mass is 10.00. The number of amides is 1. The summed E-state index contributed by atoms with van der Waals surface area (Å²) in [6.45, 7) is 0.515.